The second kappa shape index (κ2) is 6.30. The van der Waals surface area contributed by atoms with E-state index in [2.05, 4.69) is 5.10 Å². The van der Waals surface area contributed by atoms with Gasteiger partial charge >= 0.3 is 0 Å². The van der Waals surface area contributed by atoms with Gasteiger partial charge in [-0.25, -0.2) is 0 Å². The Balaban J connectivity index is 1.84. The van der Waals surface area contributed by atoms with E-state index in [4.69, 9.17) is 11.6 Å². The summed E-state index contributed by atoms with van der Waals surface area (Å²) in [7, 11) is 0. The number of benzene rings is 3. The number of imide groups is 1. The van der Waals surface area contributed by atoms with E-state index in [9.17, 15) is 19.7 Å². The van der Waals surface area contributed by atoms with Crippen LogP contribution in [-0.2, 0) is 0 Å². The third kappa shape index (κ3) is 2.84. The lowest BCUT2D eigenvalue weighted by atomic mass is 9.94. The summed E-state index contributed by atoms with van der Waals surface area (Å²) < 4.78 is 0. The molecule has 1 heterocycles. The van der Waals surface area contributed by atoms with Crippen molar-refractivity contribution in [3.8, 4) is 0 Å². The maximum Gasteiger partial charge on any atom is 0.282 e. The first kappa shape index (κ1) is 16.9. The average Bonchev–Trinajstić information content (AvgIpc) is 2.65. The SMILES string of the molecule is O=C1c2cccc3cc([N+](=O)[O-])cc(c23)C(=O)N1N=Cc1cccc(Cl)c1. The van der Waals surface area contributed by atoms with E-state index >= 15 is 0 Å². The largest absolute Gasteiger partial charge is 0.282 e. The second-order valence-corrected chi connectivity index (χ2v) is 6.31. The Morgan fingerprint density at radius 2 is 1.74 bits per heavy atom. The molecule has 27 heavy (non-hydrogen) atoms. The normalized spacial score (nSPS) is 13.6. The summed E-state index contributed by atoms with van der Waals surface area (Å²) in [5, 5.41) is 17.2. The molecular weight excluding hydrogens is 370 g/mol. The van der Waals surface area contributed by atoms with Crippen LogP contribution in [0.15, 0.2) is 59.7 Å². The molecule has 0 saturated carbocycles. The first-order valence-corrected chi connectivity index (χ1v) is 8.23. The highest BCUT2D eigenvalue weighted by atomic mass is 35.5. The van der Waals surface area contributed by atoms with Crippen LogP contribution in [0.5, 0.6) is 0 Å². The van der Waals surface area contributed by atoms with Crippen molar-refractivity contribution in [2.45, 2.75) is 0 Å². The van der Waals surface area contributed by atoms with Crippen LogP contribution >= 0.6 is 11.6 Å². The van der Waals surface area contributed by atoms with Gasteiger partial charge in [-0.05, 0) is 29.1 Å². The van der Waals surface area contributed by atoms with Gasteiger partial charge in [0.15, 0.2) is 0 Å². The number of carbonyl (C=O) groups excluding carboxylic acids is 2. The number of nitrogens with zero attached hydrogens (tertiary/aromatic N) is 3. The molecule has 7 nitrogen and oxygen atoms in total. The number of amides is 2. The van der Waals surface area contributed by atoms with Gasteiger partial charge in [0.1, 0.15) is 0 Å². The van der Waals surface area contributed by atoms with E-state index in [1.165, 1.54) is 18.3 Å². The molecule has 0 radical (unpaired) electrons. The highest BCUT2D eigenvalue weighted by molar-refractivity contribution is 6.30. The summed E-state index contributed by atoms with van der Waals surface area (Å²) in [6.07, 6.45) is 1.34. The average molecular weight is 380 g/mol. The predicted octanol–water partition coefficient (Wildman–Crippen LogP) is 4.03. The van der Waals surface area contributed by atoms with Crippen LogP contribution in [0.25, 0.3) is 10.8 Å². The molecule has 8 heteroatoms. The number of nitro groups is 1. The Morgan fingerprint density at radius 1 is 1.00 bits per heavy atom. The molecule has 1 aliphatic heterocycles. The third-order valence-corrected chi connectivity index (χ3v) is 4.42. The maximum atomic E-state index is 12.8. The van der Waals surface area contributed by atoms with Gasteiger partial charge in [-0.2, -0.15) is 10.1 Å². The molecule has 0 unspecified atom stereocenters. The van der Waals surface area contributed by atoms with E-state index in [0.717, 1.165) is 0 Å². The molecule has 0 saturated heterocycles. The fourth-order valence-corrected chi connectivity index (χ4v) is 3.20. The molecule has 0 N–H and O–H groups in total. The number of carbonyl (C=O) groups is 2. The van der Waals surface area contributed by atoms with E-state index in [-0.39, 0.29) is 16.8 Å². The van der Waals surface area contributed by atoms with Crippen molar-refractivity contribution < 1.29 is 14.5 Å². The first-order chi connectivity index (χ1) is 13.0. The van der Waals surface area contributed by atoms with Crippen molar-refractivity contribution in [1.82, 2.24) is 5.01 Å². The van der Waals surface area contributed by atoms with E-state index < -0.39 is 16.7 Å². The number of nitro benzene ring substituents is 1. The quantitative estimate of drug-likeness (QED) is 0.297. The summed E-state index contributed by atoms with van der Waals surface area (Å²) in [5.41, 5.74) is 0.708. The Labute approximate surface area is 157 Å². The summed E-state index contributed by atoms with van der Waals surface area (Å²) in [6.45, 7) is 0. The van der Waals surface area contributed by atoms with Gasteiger partial charge in [-0.15, -0.1) is 0 Å². The number of halogens is 1. The minimum atomic E-state index is -0.717. The molecule has 2 amide bonds. The van der Waals surface area contributed by atoms with Crippen molar-refractivity contribution >= 4 is 46.1 Å². The van der Waals surface area contributed by atoms with E-state index in [0.29, 0.717) is 26.4 Å². The zero-order valence-corrected chi connectivity index (χ0v) is 14.4. The second-order valence-electron chi connectivity index (χ2n) is 5.88. The first-order valence-electron chi connectivity index (χ1n) is 7.85. The molecule has 0 spiro atoms. The van der Waals surface area contributed by atoms with Gasteiger partial charge in [-0.3, -0.25) is 19.7 Å². The number of hydrogen-bond donors (Lipinski definition) is 0. The fourth-order valence-electron chi connectivity index (χ4n) is 3.00. The zero-order valence-electron chi connectivity index (χ0n) is 13.6. The Bertz CT molecular complexity index is 1170. The van der Waals surface area contributed by atoms with Gasteiger partial charge in [0.25, 0.3) is 17.5 Å². The van der Waals surface area contributed by atoms with Crippen molar-refractivity contribution in [2.24, 2.45) is 5.10 Å². The molecule has 0 aliphatic carbocycles. The number of non-ortho nitro benzene ring substituents is 1. The topological polar surface area (TPSA) is 92.9 Å². The van der Waals surface area contributed by atoms with Crippen molar-refractivity contribution in [3.63, 3.8) is 0 Å². The minimum Gasteiger partial charge on any atom is -0.267 e. The summed E-state index contributed by atoms with van der Waals surface area (Å²) in [6, 6.07) is 14.1. The monoisotopic (exact) mass is 379 g/mol. The van der Waals surface area contributed by atoms with E-state index in [1.54, 1.807) is 42.5 Å². The molecule has 0 aromatic heterocycles. The Hall–Kier alpha value is -3.58. The smallest absolute Gasteiger partial charge is 0.267 e. The zero-order chi connectivity index (χ0) is 19.1. The van der Waals surface area contributed by atoms with Crippen molar-refractivity contribution in [1.29, 1.82) is 0 Å². The fraction of sp³-hybridized carbons (Fsp3) is 0. The van der Waals surface area contributed by atoms with Crippen LogP contribution in [0.3, 0.4) is 0 Å². The Kier molecular flexibility index (Phi) is 3.93. The van der Waals surface area contributed by atoms with Crippen LogP contribution in [0.4, 0.5) is 5.69 Å². The van der Waals surface area contributed by atoms with Crippen LogP contribution in [-0.4, -0.2) is 28.0 Å². The van der Waals surface area contributed by atoms with Gasteiger partial charge in [0.05, 0.1) is 22.3 Å². The van der Waals surface area contributed by atoms with Crippen LogP contribution in [0.1, 0.15) is 26.3 Å². The molecular formula is C19H10ClN3O4. The van der Waals surface area contributed by atoms with Crippen molar-refractivity contribution in [3.05, 3.63) is 86.4 Å². The van der Waals surface area contributed by atoms with Gasteiger partial charge in [0, 0.05) is 22.5 Å². The predicted molar refractivity (Wildman–Crippen MR) is 100 cm³/mol. The lowest BCUT2D eigenvalue weighted by Gasteiger charge is -2.22. The van der Waals surface area contributed by atoms with Crippen LogP contribution in [0, 0.1) is 10.1 Å². The Morgan fingerprint density at radius 3 is 2.48 bits per heavy atom. The van der Waals surface area contributed by atoms with Gasteiger partial charge in [-0.1, -0.05) is 35.9 Å². The number of hydrazone groups is 1. The lowest BCUT2D eigenvalue weighted by molar-refractivity contribution is -0.384. The lowest BCUT2D eigenvalue weighted by Crippen LogP contribution is -2.36. The molecule has 0 fully saturated rings. The highest BCUT2D eigenvalue weighted by Crippen LogP contribution is 2.33. The summed E-state index contributed by atoms with van der Waals surface area (Å²) in [4.78, 5) is 36.2. The summed E-state index contributed by atoms with van der Waals surface area (Å²) >= 11 is 5.92. The number of rotatable bonds is 3. The van der Waals surface area contributed by atoms with E-state index in [1.807, 2.05) is 0 Å². The van der Waals surface area contributed by atoms with Crippen molar-refractivity contribution in [2.75, 3.05) is 0 Å². The summed E-state index contributed by atoms with van der Waals surface area (Å²) in [5.74, 6) is -1.31. The standard InChI is InChI=1S/C19H10ClN3O4/c20-13-5-1-3-11(7-13)10-21-22-18(24)15-6-2-4-12-8-14(23(26)27)9-16(17(12)15)19(22)25/h1-10H. The molecule has 0 atom stereocenters. The third-order valence-electron chi connectivity index (χ3n) is 4.19. The molecule has 0 bridgehead atoms. The molecule has 3 aromatic carbocycles. The molecule has 132 valence electrons. The highest BCUT2D eigenvalue weighted by Gasteiger charge is 2.34. The minimum absolute atomic E-state index is 0.0673. The molecule has 3 aromatic rings. The van der Waals surface area contributed by atoms with Gasteiger partial charge in [0.2, 0.25) is 0 Å². The molecule has 1 aliphatic rings. The maximum absolute atomic E-state index is 12.8. The molecule has 4 rings (SSSR count). The van der Waals surface area contributed by atoms with Crippen LogP contribution < -0.4 is 0 Å². The van der Waals surface area contributed by atoms with Crippen LogP contribution in [0.2, 0.25) is 5.02 Å². The van der Waals surface area contributed by atoms with Gasteiger partial charge < -0.3 is 0 Å². The number of hydrogen-bond acceptors (Lipinski definition) is 5.